The highest BCUT2D eigenvalue weighted by molar-refractivity contribution is 5.90. The average Bonchev–Trinajstić information content (AvgIpc) is 2.99. The van der Waals surface area contributed by atoms with Crippen LogP contribution >= 0.6 is 0 Å². The summed E-state index contributed by atoms with van der Waals surface area (Å²) in [4.78, 5) is 26.0. The topological polar surface area (TPSA) is 130 Å². The Kier molecular flexibility index (Phi) is 11.9. The second-order valence-corrected chi connectivity index (χ2v) is 10.4. The molecule has 2 amide bonds. The van der Waals surface area contributed by atoms with Gasteiger partial charge in [0.15, 0.2) is 6.29 Å². The number of aliphatic hydroxyl groups is 1. The summed E-state index contributed by atoms with van der Waals surface area (Å²) in [6.45, 7) is 3.98. The van der Waals surface area contributed by atoms with Crippen molar-refractivity contribution in [1.82, 2.24) is 10.4 Å². The quantitative estimate of drug-likeness (QED) is 0.167. The number of nitrogens with one attached hydrogen (secondary N) is 2. The van der Waals surface area contributed by atoms with Gasteiger partial charge in [-0.25, -0.2) is 5.48 Å². The van der Waals surface area contributed by atoms with E-state index in [0.717, 1.165) is 68.8 Å². The van der Waals surface area contributed by atoms with Crippen molar-refractivity contribution >= 4 is 17.5 Å². The molecule has 3 atom stereocenters. The Morgan fingerprint density at radius 2 is 1.62 bits per heavy atom. The van der Waals surface area contributed by atoms with Crippen LogP contribution in [0.2, 0.25) is 0 Å². The van der Waals surface area contributed by atoms with E-state index in [1.54, 1.807) is 5.48 Å². The lowest BCUT2D eigenvalue weighted by Gasteiger charge is -2.39. The summed E-state index contributed by atoms with van der Waals surface area (Å²) >= 11 is 0. The molecule has 2 saturated heterocycles. The number of anilines is 1. The van der Waals surface area contributed by atoms with Crippen LogP contribution in [-0.4, -0.2) is 66.0 Å². The molecule has 2 aromatic carbocycles. The van der Waals surface area contributed by atoms with E-state index in [4.69, 9.17) is 19.4 Å². The molecule has 4 rings (SSSR count). The van der Waals surface area contributed by atoms with Crippen molar-refractivity contribution in [2.75, 3.05) is 38.2 Å². The van der Waals surface area contributed by atoms with Gasteiger partial charge in [-0.15, -0.1) is 0 Å². The van der Waals surface area contributed by atoms with Crippen LogP contribution in [0.25, 0.3) is 0 Å². The van der Waals surface area contributed by atoms with Gasteiger partial charge >= 0.3 is 0 Å². The van der Waals surface area contributed by atoms with Gasteiger partial charge in [0.05, 0.1) is 32.0 Å². The van der Waals surface area contributed by atoms with E-state index in [1.807, 2.05) is 48.5 Å². The van der Waals surface area contributed by atoms with Gasteiger partial charge in [-0.2, -0.15) is 0 Å². The number of ether oxygens (including phenoxy) is 3. The number of amides is 2. The van der Waals surface area contributed by atoms with Crippen LogP contribution in [0.1, 0.15) is 74.0 Å². The second-order valence-electron chi connectivity index (χ2n) is 10.4. The van der Waals surface area contributed by atoms with Crippen molar-refractivity contribution in [2.24, 2.45) is 0 Å². The largest absolute Gasteiger partial charge is 0.392 e. The fraction of sp³-hybridized carbons (Fsp3) is 0.533. The summed E-state index contributed by atoms with van der Waals surface area (Å²) in [6, 6.07) is 15.4. The van der Waals surface area contributed by atoms with Gasteiger partial charge in [-0.1, -0.05) is 49.2 Å². The maximum atomic E-state index is 12.5. The Morgan fingerprint density at radius 1 is 0.900 bits per heavy atom. The van der Waals surface area contributed by atoms with Crippen molar-refractivity contribution < 1.29 is 34.1 Å². The predicted octanol–water partition coefficient (Wildman–Crippen LogP) is 3.84. The number of hydrogen-bond acceptors (Lipinski definition) is 8. The van der Waals surface area contributed by atoms with Crippen LogP contribution in [0, 0.1) is 0 Å². The fourth-order valence-corrected chi connectivity index (χ4v) is 5.07. The molecular weight excluding hydrogens is 514 g/mol. The number of hydrogen-bond donors (Lipinski definition) is 4. The number of nitrogens with zero attached hydrogens (tertiary/aromatic N) is 1. The molecule has 10 heteroatoms. The Labute approximate surface area is 235 Å². The number of unbranched alkanes of at least 4 members (excludes halogenated alkanes) is 3. The highest BCUT2D eigenvalue weighted by Crippen LogP contribution is 2.38. The predicted molar refractivity (Wildman–Crippen MR) is 148 cm³/mol. The van der Waals surface area contributed by atoms with Gasteiger partial charge in [0.1, 0.15) is 0 Å². The smallest absolute Gasteiger partial charge is 0.243 e. The van der Waals surface area contributed by atoms with Crippen molar-refractivity contribution in [3.8, 4) is 0 Å². The van der Waals surface area contributed by atoms with Gasteiger partial charge in [0.2, 0.25) is 11.8 Å². The molecule has 2 aliphatic rings. The zero-order valence-electron chi connectivity index (χ0n) is 22.9. The lowest BCUT2D eigenvalue weighted by atomic mass is 9.99. The van der Waals surface area contributed by atoms with Crippen molar-refractivity contribution in [1.29, 1.82) is 0 Å². The number of carbonyl (C=O) groups is 2. The summed E-state index contributed by atoms with van der Waals surface area (Å²) < 4.78 is 18.4. The molecule has 2 fully saturated rings. The van der Waals surface area contributed by atoms with Crippen LogP contribution in [0.3, 0.4) is 0 Å². The number of hydroxylamine groups is 1. The molecule has 218 valence electrons. The van der Waals surface area contributed by atoms with Crippen LogP contribution in [0.5, 0.6) is 0 Å². The third kappa shape index (κ3) is 9.36. The fourth-order valence-electron chi connectivity index (χ4n) is 5.07. The van der Waals surface area contributed by atoms with Crippen LogP contribution in [0.4, 0.5) is 5.69 Å². The Hall–Kier alpha value is -2.86. The summed E-state index contributed by atoms with van der Waals surface area (Å²) in [5, 5.41) is 20.9. The first kappa shape index (κ1) is 30.1. The number of carbonyl (C=O) groups excluding carboxylic acids is 2. The summed E-state index contributed by atoms with van der Waals surface area (Å²) in [5.74, 6) is -0.454. The lowest BCUT2D eigenvalue weighted by Crippen LogP contribution is -2.44. The molecule has 0 aromatic heterocycles. The molecule has 0 unspecified atom stereocenters. The molecule has 2 aromatic rings. The summed E-state index contributed by atoms with van der Waals surface area (Å²) in [7, 11) is 0. The Bertz CT molecular complexity index is 1080. The average molecular weight is 556 g/mol. The first-order valence-corrected chi connectivity index (χ1v) is 14.2. The molecule has 2 aliphatic heterocycles. The molecule has 40 heavy (non-hydrogen) atoms. The van der Waals surface area contributed by atoms with E-state index < -0.39 is 6.29 Å². The third-order valence-electron chi connectivity index (χ3n) is 7.31. The number of morpholine rings is 1. The van der Waals surface area contributed by atoms with E-state index in [-0.39, 0.29) is 37.0 Å². The monoisotopic (exact) mass is 555 g/mol. The maximum Gasteiger partial charge on any atom is 0.243 e. The van der Waals surface area contributed by atoms with Crippen LogP contribution < -0.4 is 10.8 Å². The number of aliphatic hydroxyl groups excluding tert-OH is 1. The number of benzene rings is 2. The van der Waals surface area contributed by atoms with Crippen molar-refractivity contribution in [3.05, 3.63) is 65.2 Å². The zero-order chi connectivity index (χ0) is 28.2. The molecule has 10 nitrogen and oxygen atoms in total. The maximum absolute atomic E-state index is 12.5. The minimum absolute atomic E-state index is 0.000933. The first-order valence-electron chi connectivity index (χ1n) is 14.2. The molecule has 0 spiro atoms. The second kappa shape index (κ2) is 15.8. The number of rotatable bonds is 13. The standard InChI is InChI=1S/C30H41N3O7/c34-21-22-10-12-23(13-11-22)27-19-26(20-33-14-16-38-17-15-33)39-30(40-27)24-6-5-7-25(18-24)31-28(35)8-3-1-2-4-9-29(36)32-37/h5-7,10-13,18,26-27,30,34,37H,1-4,8-9,14-17,19-21H2,(H,31,35)(H,32,36)/t26-,27+,30+/m1/s1. The van der Waals surface area contributed by atoms with E-state index >= 15 is 0 Å². The van der Waals surface area contributed by atoms with E-state index in [1.165, 1.54) is 0 Å². The van der Waals surface area contributed by atoms with Crippen molar-refractivity contribution in [2.45, 2.75) is 70.1 Å². The Balaban J connectivity index is 1.36. The van der Waals surface area contributed by atoms with Gasteiger partial charge in [0, 0.05) is 50.1 Å². The van der Waals surface area contributed by atoms with E-state index in [9.17, 15) is 14.7 Å². The van der Waals surface area contributed by atoms with E-state index in [2.05, 4.69) is 10.2 Å². The van der Waals surface area contributed by atoms with Gasteiger partial charge in [0.25, 0.3) is 0 Å². The highest BCUT2D eigenvalue weighted by atomic mass is 16.7. The van der Waals surface area contributed by atoms with Crippen molar-refractivity contribution in [3.63, 3.8) is 0 Å². The van der Waals surface area contributed by atoms with Gasteiger partial charge in [-0.3, -0.25) is 19.7 Å². The normalized spacial score (nSPS) is 21.6. The molecule has 0 saturated carbocycles. The van der Waals surface area contributed by atoms with Crippen LogP contribution in [-0.2, 0) is 30.4 Å². The highest BCUT2D eigenvalue weighted by Gasteiger charge is 2.33. The lowest BCUT2D eigenvalue weighted by molar-refractivity contribution is -0.253. The van der Waals surface area contributed by atoms with Gasteiger partial charge in [-0.05, 0) is 36.1 Å². The molecular formula is C30H41N3O7. The molecule has 0 bridgehead atoms. The molecule has 4 N–H and O–H groups in total. The zero-order valence-corrected chi connectivity index (χ0v) is 22.9. The summed E-state index contributed by atoms with van der Waals surface area (Å²) in [5.41, 5.74) is 5.05. The summed E-state index contributed by atoms with van der Waals surface area (Å²) in [6.07, 6.45) is 3.65. The minimum atomic E-state index is -0.588. The molecule has 0 aliphatic carbocycles. The molecule has 2 heterocycles. The molecule has 0 radical (unpaired) electrons. The Morgan fingerprint density at radius 3 is 2.33 bits per heavy atom. The first-order chi connectivity index (χ1) is 19.5. The SMILES string of the molecule is O=C(CCCCCCC(=O)Nc1cccc([C@H]2O[C@@H](CN3CCOCC3)C[C@@H](c3ccc(CO)cc3)O2)c1)NO. The van der Waals surface area contributed by atoms with E-state index in [0.29, 0.717) is 24.9 Å². The minimum Gasteiger partial charge on any atom is -0.392 e. The van der Waals surface area contributed by atoms with Crippen LogP contribution in [0.15, 0.2) is 48.5 Å². The van der Waals surface area contributed by atoms with Gasteiger partial charge < -0.3 is 24.6 Å². The third-order valence-corrected chi connectivity index (χ3v) is 7.31.